The Morgan fingerprint density at radius 1 is 1.12 bits per heavy atom. The fourth-order valence-electron chi connectivity index (χ4n) is 3.53. The number of Topliss-reactive ketones (excluding diaryl/α,β-unsaturated/α-hetero) is 1. The van der Waals surface area contributed by atoms with Gasteiger partial charge in [-0.05, 0) is 25.7 Å². The van der Waals surface area contributed by atoms with Crippen molar-refractivity contribution in [1.82, 2.24) is 0 Å². The number of aliphatic hydroxyl groups excluding tert-OH is 1. The summed E-state index contributed by atoms with van der Waals surface area (Å²) in [4.78, 5) is 22.6. The highest BCUT2D eigenvalue weighted by Crippen LogP contribution is 2.34. The van der Waals surface area contributed by atoms with Crippen LogP contribution < -0.4 is 0 Å². The molecule has 0 bridgehead atoms. The van der Waals surface area contributed by atoms with Gasteiger partial charge in [-0.3, -0.25) is 9.59 Å². The number of allylic oxidation sites excluding steroid dienone is 1. The molecule has 4 nitrogen and oxygen atoms in total. The molecule has 3 unspecified atom stereocenters. The number of rotatable bonds is 13. The number of carboxylic acid groups (broad SMARTS) is 1. The van der Waals surface area contributed by atoms with Crippen molar-refractivity contribution in [2.45, 2.75) is 90.1 Å². The summed E-state index contributed by atoms with van der Waals surface area (Å²) in [6, 6.07) is 0. The zero-order valence-electron chi connectivity index (χ0n) is 15.1. The highest BCUT2D eigenvalue weighted by Gasteiger charge is 2.39. The van der Waals surface area contributed by atoms with Gasteiger partial charge in [0.1, 0.15) is 5.78 Å². The summed E-state index contributed by atoms with van der Waals surface area (Å²) < 4.78 is 0. The molecule has 1 aliphatic rings. The smallest absolute Gasteiger partial charge is 0.303 e. The van der Waals surface area contributed by atoms with Gasteiger partial charge in [0.15, 0.2) is 0 Å². The van der Waals surface area contributed by atoms with Gasteiger partial charge >= 0.3 is 5.97 Å². The van der Waals surface area contributed by atoms with E-state index >= 15 is 0 Å². The van der Waals surface area contributed by atoms with Crippen LogP contribution in [0.15, 0.2) is 12.2 Å². The zero-order chi connectivity index (χ0) is 17.8. The third kappa shape index (κ3) is 8.09. The molecular formula is C20H34O4. The van der Waals surface area contributed by atoms with Crippen LogP contribution in [0.5, 0.6) is 0 Å². The number of carbonyl (C=O) groups excluding carboxylic acids is 1. The van der Waals surface area contributed by atoms with Crippen LogP contribution in [0.25, 0.3) is 0 Å². The van der Waals surface area contributed by atoms with Gasteiger partial charge < -0.3 is 10.2 Å². The number of unbranched alkanes of at least 4 members (excludes halogenated alkanes) is 7. The normalized spacial score (nSPS) is 24.1. The molecule has 1 saturated carbocycles. The third-order valence-electron chi connectivity index (χ3n) is 4.97. The minimum absolute atomic E-state index is 0.0253. The summed E-state index contributed by atoms with van der Waals surface area (Å²) in [6.45, 7) is 2.20. The Balaban J connectivity index is 2.30. The van der Waals surface area contributed by atoms with Crippen LogP contribution in [0.2, 0.25) is 0 Å². The molecular weight excluding hydrogens is 304 g/mol. The number of carbonyl (C=O) groups is 2. The summed E-state index contributed by atoms with van der Waals surface area (Å²) >= 11 is 0. The van der Waals surface area contributed by atoms with E-state index in [0.717, 1.165) is 32.1 Å². The molecule has 1 aliphatic carbocycles. The quantitative estimate of drug-likeness (QED) is 0.383. The number of aliphatic hydroxyl groups is 1. The van der Waals surface area contributed by atoms with Crippen molar-refractivity contribution in [3.8, 4) is 0 Å². The number of carboxylic acids is 1. The van der Waals surface area contributed by atoms with E-state index in [2.05, 4.69) is 19.1 Å². The second-order valence-corrected chi connectivity index (χ2v) is 7.05. The molecule has 0 saturated heterocycles. The fraction of sp³-hybridized carbons (Fsp3) is 0.800. The molecule has 0 spiro atoms. The van der Waals surface area contributed by atoms with Crippen molar-refractivity contribution in [3.05, 3.63) is 12.2 Å². The maximum atomic E-state index is 12.1. The molecule has 0 aromatic carbocycles. The Kier molecular flexibility index (Phi) is 10.6. The first-order valence-electron chi connectivity index (χ1n) is 9.65. The average molecular weight is 338 g/mol. The molecule has 0 heterocycles. The van der Waals surface area contributed by atoms with Crippen molar-refractivity contribution in [1.29, 1.82) is 0 Å². The van der Waals surface area contributed by atoms with Gasteiger partial charge in [0.25, 0.3) is 0 Å². The van der Waals surface area contributed by atoms with E-state index < -0.39 is 12.1 Å². The Morgan fingerprint density at radius 3 is 2.54 bits per heavy atom. The molecule has 1 fully saturated rings. The Labute approximate surface area is 146 Å². The van der Waals surface area contributed by atoms with Crippen molar-refractivity contribution < 1.29 is 19.8 Å². The highest BCUT2D eigenvalue weighted by molar-refractivity contribution is 5.84. The molecule has 0 radical (unpaired) electrons. The van der Waals surface area contributed by atoms with Crippen LogP contribution in [0.1, 0.15) is 84.0 Å². The standard InChI is InChI=1S/C20H34O4/c1-2-3-4-5-6-9-12-16-17(19(22)15-18(16)21)13-10-7-8-11-14-20(23)24/h9,12,16-18,21H,2-8,10-11,13-15H2,1H3,(H,23,24). The van der Waals surface area contributed by atoms with Gasteiger partial charge in [0, 0.05) is 24.7 Å². The lowest BCUT2D eigenvalue weighted by Crippen LogP contribution is -2.18. The predicted molar refractivity (Wildman–Crippen MR) is 95.8 cm³/mol. The van der Waals surface area contributed by atoms with E-state index in [-0.39, 0.29) is 30.5 Å². The first-order valence-corrected chi connectivity index (χ1v) is 9.65. The van der Waals surface area contributed by atoms with Crippen molar-refractivity contribution >= 4 is 11.8 Å². The van der Waals surface area contributed by atoms with Crippen molar-refractivity contribution in [2.24, 2.45) is 11.8 Å². The lowest BCUT2D eigenvalue weighted by Gasteiger charge is -2.17. The average Bonchev–Trinajstić information content (AvgIpc) is 2.80. The number of hydrogen-bond donors (Lipinski definition) is 2. The molecule has 138 valence electrons. The number of ketones is 1. The van der Waals surface area contributed by atoms with Crippen LogP contribution in [0.4, 0.5) is 0 Å². The van der Waals surface area contributed by atoms with E-state index in [1.165, 1.54) is 25.7 Å². The van der Waals surface area contributed by atoms with Gasteiger partial charge in [-0.25, -0.2) is 0 Å². The topological polar surface area (TPSA) is 74.6 Å². The molecule has 1 rings (SSSR count). The second kappa shape index (κ2) is 12.2. The minimum Gasteiger partial charge on any atom is -0.481 e. The van der Waals surface area contributed by atoms with Gasteiger partial charge in [-0.2, -0.15) is 0 Å². The number of aliphatic carboxylic acids is 1. The molecule has 0 aliphatic heterocycles. The van der Waals surface area contributed by atoms with E-state index in [9.17, 15) is 14.7 Å². The Morgan fingerprint density at radius 2 is 1.83 bits per heavy atom. The monoisotopic (exact) mass is 338 g/mol. The maximum Gasteiger partial charge on any atom is 0.303 e. The van der Waals surface area contributed by atoms with E-state index in [1.54, 1.807) is 0 Å². The number of hydrogen-bond acceptors (Lipinski definition) is 3. The lowest BCUT2D eigenvalue weighted by molar-refractivity contribution is -0.137. The van der Waals surface area contributed by atoms with Crippen LogP contribution in [-0.2, 0) is 9.59 Å². The summed E-state index contributed by atoms with van der Waals surface area (Å²) in [5.74, 6) is -0.629. The molecule has 24 heavy (non-hydrogen) atoms. The maximum absolute atomic E-state index is 12.1. The van der Waals surface area contributed by atoms with Crippen molar-refractivity contribution in [2.75, 3.05) is 0 Å². The van der Waals surface area contributed by atoms with Crippen LogP contribution in [-0.4, -0.2) is 28.1 Å². The van der Waals surface area contributed by atoms with Crippen LogP contribution >= 0.6 is 0 Å². The second-order valence-electron chi connectivity index (χ2n) is 7.05. The predicted octanol–water partition coefficient (Wildman–Crippen LogP) is 4.50. The van der Waals surface area contributed by atoms with E-state index in [0.29, 0.717) is 6.42 Å². The summed E-state index contributed by atoms with van der Waals surface area (Å²) in [6.07, 6.45) is 14.4. The zero-order valence-corrected chi connectivity index (χ0v) is 15.1. The summed E-state index contributed by atoms with van der Waals surface area (Å²) in [7, 11) is 0. The Hall–Kier alpha value is -1.16. The fourth-order valence-corrected chi connectivity index (χ4v) is 3.53. The Bertz CT molecular complexity index is 402. The molecule has 4 heteroatoms. The molecule has 0 aromatic heterocycles. The summed E-state index contributed by atoms with van der Waals surface area (Å²) in [5, 5.41) is 18.7. The minimum atomic E-state index is -0.742. The SMILES string of the molecule is CCCCCCC=CC1C(O)CC(=O)C1CCCCCCC(=O)O. The van der Waals surface area contributed by atoms with E-state index in [1.807, 2.05) is 0 Å². The lowest BCUT2D eigenvalue weighted by atomic mass is 9.88. The van der Waals surface area contributed by atoms with Gasteiger partial charge in [-0.15, -0.1) is 0 Å². The molecule has 3 atom stereocenters. The molecule has 0 aromatic rings. The van der Waals surface area contributed by atoms with Gasteiger partial charge in [-0.1, -0.05) is 57.6 Å². The highest BCUT2D eigenvalue weighted by atomic mass is 16.4. The molecule has 2 N–H and O–H groups in total. The van der Waals surface area contributed by atoms with Crippen LogP contribution in [0, 0.1) is 11.8 Å². The van der Waals surface area contributed by atoms with Crippen LogP contribution in [0.3, 0.4) is 0 Å². The largest absolute Gasteiger partial charge is 0.481 e. The van der Waals surface area contributed by atoms with Crippen molar-refractivity contribution in [3.63, 3.8) is 0 Å². The van der Waals surface area contributed by atoms with E-state index in [4.69, 9.17) is 5.11 Å². The summed E-state index contributed by atoms with van der Waals surface area (Å²) in [5.41, 5.74) is 0. The first-order chi connectivity index (χ1) is 11.6. The van der Waals surface area contributed by atoms with Gasteiger partial charge in [0.2, 0.25) is 0 Å². The first kappa shape index (κ1) is 20.9. The van der Waals surface area contributed by atoms with Gasteiger partial charge in [0.05, 0.1) is 6.10 Å². The molecule has 0 amide bonds. The third-order valence-corrected chi connectivity index (χ3v) is 4.97.